The summed E-state index contributed by atoms with van der Waals surface area (Å²) in [6.45, 7) is 6.46. The second-order valence-electron chi connectivity index (χ2n) is 6.38. The Morgan fingerprint density at radius 1 is 1.15 bits per heavy atom. The van der Waals surface area contributed by atoms with E-state index in [4.69, 9.17) is 9.47 Å². The standard InChI is InChI=1S/C17H27BrN4O3.HI/c1-17(2,3)22-15(23)10-21-16(19-4)20-9-11-7-13(24-5)14(25-6)8-12(11)18;/h7-8H,9-10H2,1-6H3,(H,22,23)(H2,19,20,21);1H. The maximum absolute atomic E-state index is 11.9. The maximum atomic E-state index is 11.9. The second-order valence-corrected chi connectivity index (χ2v) is 7.23. The number of guanidine groups is 1. The lowest BCUT2D eigenvalue weighted by atomic mass is 10.1. The number of carbonyl (C=O) groups excluding carboxylic acids is 1. The minimum Gasteiger partial charge on any atom is -0.493 e. The first-order valence-corrected chi connectivity index (χ1v) is 8.65. The molecule has 0 fully saturated rings. The summed E-state index contributed by atoms with van der Waals surface area (Å²) in [6, 6.07) is 3.73. The Labute approximate surface area is 180 Å². The number of carbonyl (C=O) groups is 1. The van der Waals surface area contributed by atoms with Gasteiger partial charge in [0.05, 0.1) is 20.8 Å². The smallest absolute Gasteiger partial charge is 0.239 e. The maximum Gasteiger partial charge on any atom is 0.239 e. The lowest BCUT2D eigenvalue weighted by Gasteiger charge is -2.21. The van der Waals surface area contributed by atoms with Gasteiger partial charge < -0.3 is 25.4 Å². The number of rotatable bonds is 6. The van der Waals surface area contributed by atoms with Gasteiger partial charge in [0.15, 0.2) is 17.5 Å². The number of hydrogen-bond acceptors (Lipinski definition) is 4. The van der Waals surface area contributed by atoms with Gasteiger partial charge in [0.1, 0.15) is 0 Å². The molecule has 1 aromatic rings. The van der Waals surface area contributed by atoms with Crippen molar-refractivity contribution in [2.24, 2.45) is 4.99 Å². The fourth-order valence-corrected chi connectivity index (χ4v) is 2.52. The van der Waals surface area contributed by atoms with Crippen LogP contribution < -0.4 is 25.4 Å². The highest BCUT2D eigenvalue weighted by Gasteiger charge is 2.14. The van der Waals surface area contributed by atoms with Crippen molar-refractivity contribution in [3.05, 3.63) is 22.2 Å². The third-order valence-electron chi connectivity index (χ3n) is 3.15. The van der Waals surface area contributed by atoms with Crippen molar-refractivity contribution in [1.82, 2.24) is 16.0 Å². The summed E-state index contributed by atoms with van der Waals surface area (Å²) in [5.74, 6) is 1.74. The Kier molecular flexibility index (Phi) is 10.9. The van der Waals surface area contributed by atoms with Gasteiger partial charge in [-0.25, -0.2) is 0 Å². The molecule has 7 nitrogen and oxygen atoms in total. The van der Waals surface area contributed by atoms with Crippen molar-refractivity contribution in [2.45, 2.75) is 32.9 Å². The van der Waals surface area contributed by atoms with Gasteiger partial charge in [-0.15, -0.1) is 24.0 Å². The van der Waals surface area contributed by atoms with Gasteiger partial charge >= 0.3 is 0 Å². The van der Waals surface area contributed by atoms with Crippen LogP contribution in [0.15, 0.2) is 21.6 Å². The van der Waals surface area contributed by atoms with Crippen LogP contribution in [0.25, 0.3) is 0 Å². The van der Waals surface area contributed by atoms with Crippen LogP contribution in [-0.4, -0.2) is 45.2 Å². The van der Waals surface area contributed by atoms with E-state index in [-0.39, 0.29) is 42.0 Å². The Balaban J connectivity index is 0.00000625. The summed E-state index contributed by atoms with van der Waals surface area (Å²) in [5.41, 5.74) is 0.708. The van der Waals surface area contributed by atoms with E-state index in [0.29, 0.717) is 24.0 Å². The summed E-state index contributed by atoms with van der Waals surface area (Å²) < 4.78 is 11.5. The van der Waals surface area contributed by atoms with E-state index < -0.39 is 0 Å². The number of halogens is 2. The van der Waals surface area contributed by atoms with E-state index in [1.54, 1.807) is 21.3 Å². The number of benzene rings is 1. The van der Waals surface area contributed by atoms with Crippen LogP contribution in [0.1, 0.15) is 26.3 Å². The van der Waals surface area contributed by atoms with Crippen LogP contribution in [0.3, 0.4) is 0 Å². The first-order valence-electron chi connectivity index (χ1n) is 7.86. The molecule has 1 aromatic carbocycles. The average Bonchev–Trinajstić information content (AvgIpc) is 2.54. The van der Waals surface area contributed by atoms with Crippen molar-refractivity contribution in [1.29, 1.82) is 0 Å². The van der Waals surface area contributed by atoms with Crippen LogP contribution in [0.2, 0.25) is 0 Å². The molecular weight excluding hydrogens is 515 g/mol. The highest BCUT2D eigenvalue weighted by atomic mass is 127. The zero-order valence-corrected chi connectivity index (χ0v) is 19.9. The molecule has 0 aliphatic rings. The van der Waals surface area contributed by atoms with Crippen molar-refractivity contribution in [2.75, 3.05) is 27.8 Å². The topological polar surface area (TPSA) is 84.0 Å². The van der Waals surface area contributed by atoms with E-state index in [0.717, 1.165) is 10.0 Å². The number of ether oxygens (including phenoxy) is 2. The van der Waals surface area contributed by atoms with Crippen molar-refractivity contribution in [3.8, 4) is 11.5 Å². The number of hydrogen-bond donors (Lipinski definition) is 3. The number of nitrogens with one attached hydrogen (secondary N) is 3. The highest BCUT2D eigenvalue weighted by molar-refractivity contribution is 14.0. The fraction of sp³-hybridized carbons (Fsp3) is 0.529. The van der Waals surface area contributed by atoms with Gasteiger partial charge in [-0.2, -0.15) is 0 Å². The Morgan fingerprint density at radius 3 is 2.23 bits per heavy atom. The molecule has 0 saturated carbocycles. The normalized spacial score (nSPS) is 11.3. The van der Waals surface area contributed by atoms with Crippen LogP contribution in [0, 0.1) is 0 Å². The van der Waals surface area contributed by atoms with E-state index in [9.17, 15) is 4.79 Å². The molecule has 0 saturated heterocycles. The first-order chi connectivity index (χ1) is 11.7. The third kappa shape index (κ3) is 8.43. The van der Waals surface area contributed by atoms with Crippen LogP contribution in [0.4, 0.5) is 0 Å². The lowest BCUT2D eigenvalue weighted by molar-refractivity contribution is -0.121. The molecule has 9 heteroatoms. The largest absolute Gasteiger partial charge is 0.493 e. The molecule has 1 amide bonds. The van der Waals surface area contributed by atoms with Gasteiger partial charge in [0.25, 0.3) is 0 Å². The van der Waals surface area contributed by atoms with Crippen LogP contribution in [-0.2, 0) is 11.3 Å². The van der Waals surface area contributed by atoms with Crippen LogP contribution in [0.5, 0.6) is 11.5 Å². The van der Waals surface area contributed by atoms with Gasteiger partial charge in [0, 0.05) is 23.6 Å². The summed E-state index contributed by atoms with van der Waals surface area (Å²) in [6.07, 6.45) is 0. The molecule has 0 aliphatic heterocycles. The summed E-state index contributed by atoms with van der Waals surface area (Å²) in [4.78, 5) is 16.0. The van der Waals surface area contributed by atoms with Gasteiger partial charge in [-0.1, -0.05) is 15.9 Å². The van der Waals surface area contributed by atoms with E-state index in [1.807, 2.05) is 32.9 Å². The molecule has 0 heterocycles. The van der Waals surface area contributed by atoms with Crippen molar-refractivity contribution in [3.63, 3.8) is 0 Å². The predicted octanol–water partition coefficient (Wildman–Crippen LogP) is 2.66. The fourth-order valence-electron chi connectivity index (χ4n) is 2.06. The molecule has 0 unspecified atom stereocenters. The highest BCUT2D eigenvalue weighted by Crippen LogP contribution is 2.33. The van der Waals surface area contributed by atoms with Crippen molar-refractivity contribution < 1.29 is 14.3 Å². The molecule has 3 N–H and O–H groups in total. The predicted molar refractivity (Wildman–Crippen MR) is 119 cm³/mol. The van der Waals surface area contributed by atoms with Crippen LogP contribution >= 0.6 is 39.9 Å². The zero-order valence-electron chi connectivity index (χ0n) is 16.0. The molecule has 0 atom stereocenters. The van der Waals surface area contributed by atoms with E-state index in [2.05, 4.69) is 36.9 Å². The molecular formula is C17H28BrIN4O3. The Hall–Kier alpha value is -1.23. The SMILES string of the molecule is CN=C(NCC(=O)NC(C)(C)C)NCc1cc(OC)c(OC)cc1Br.I. The number of amides is 1. The number of aliphatic imine (C=N–C) groups is 1. The molecule has 148 valence electrons. The minimum absolute atomic E-state index is 0. The summed E-state index contributed by atoms with van der Waals surface area (Å²) >= 11 is 3.52. The average molecular weight is 543 g/mol. The minimum atomic E-state index is -0.264. The van der Waals surface area contributed by atoms with E-state index >= 15 is 0 Å². The lowest BCUT2D eigenvalue weighted by Crippen LogP contribution is -2.48. The molecule has 0 radical (unpaired) electrons. The van der Waals surface area contributed by atoms with E-state index in [1.165, 1.54) is 0 Å². The molecule has 0 bridgehead atoms. The second kappa shape index (κ2) is 11.5. The summed E-state index contributed by atoms with van der Waals surface area (Å²) in [7, 11) is 4.84. The summed E-state index contributed by atoms with van der Waals surface area (Å²) in [5, 5.41) is 9.04. The monoisotopic (exact) mass is 542 g/mol. The Bertz CT molecular complexity index is 633. The van der Waals surface area contributed by atoms with Gasteiger partial charge in [-0.05, 0) is 38.5 Å². The molecule has 26 heavy (non-hydrogen) atoms. The first kappa shape index (κ1) is 24.8. The quantitative estimate of drug-likeness (QED) is 0.292. The molecule has 0 spiro atoms. The number of methoxy groups -OCH3 is 2. The molecule has 1 rings (SSSR count). The third-order valence-corrected chi connectivity index (χ3v) is 3.89. The van der Waals surface area contributed by atoms with Gasteiger partial charge in [0.2, 0.25) is 5.91 Å². The molecule has 0 aliphatic carbocycles. The Morgan fingerprint density at radius 2 is 1.73 bits per heavy atom. The van der Waals surface area contributed by atoms with Gasteiger partial charge in [-0.3, -0.25) is 9.79 Å². The molecule has 0 aromatic heterocycles. The number of nitrogens with zero attached hydrogens (tertiary/aromatic N) is 1. The van der Waals surface area contributed by atoms with Crippen molar-refractivity contribution >= 4 is 51.8 Å². The zero-order chi connectivity index (χ0) is 19.0.